The van der Waals surface area contributed by atoms with Crippen LogP contribution < -0.4 is 0 Å². The second-order valence-corrected chi connectivity index (χ2v) is 5.80. The molecule has 0 aromatic carbocycles. The number of amides is 1. The predicted molar refractivity (Wildman–Crippen MR) is 73.0 cm³/mol. The summed E-state index contributed by atoms with van der Waals surface area (Å²) in [7, 11) is 0. The van der Waals surface area contributed by atoms with Crippen LogP contribution in [0.4, 0.5) is 0 Å². The number of carbonyl (C=O) groups excluding carboxylic acids is 1. The van der Waals surface area contributed by atoms with Gasteiger partial charge in [-0.15, -0.1) is 0 Å². The van der Waals surface area contributed by atoms with E-state index in [1.165, 1.54) is 0 Å². The number of carbonyl (C=O) groups is 1. The minimum Gasteiger partial charge on any atom is -0.332 e. The zero-order valence-electron chi connectivity index (χ0n) is 11.1. The van der Waals surface area contributed by atoms with Crippen LogP contribution in [0, 0.1) is 11.8 Å². The number of hydrogen-bond donors (Lipinski definition) is 0. The van der Waals surface area contributed by atoms with Gasteiger partial charge in [0.05, 0.1) is 6.04 Å². The second-order valence-electron chi connectivity index (χ2n) is 5.80. The Balaban J connectivity index is 2.01. The second kappa shape index (κ2) is 4.11. The van der Waals surface area contributed by atoms with Crippen LogP contribution in [0.3, 0.4) is 0 Å². The number of allylic oxidation sites excluding steroid dienone is 2. The van der Waals surface area contributed by atoms with Gasteiger partial charge in [0.25, 0.3) is 0 Å². The fourth-order valence-electron chi connectivity index (χ4n) is 3.90. The van der Waals surface area contributed by atoms with Crippen molar-refractivity contribution in [3.63, 3.8) is 0 Å². The predicted octanol–water partition coefficient (Wildman–Crippen LogP) is 3.07. The van der Waals surface area contributed by atoms with Gasteiger partial charge in [-0.05, 0) is 42.7 Å². The molecule has 1 aliphatic carbocycles. The third kappa shape index (κ3) is 1.44. The molecule has 2 saturated heterocycles. The molecule has 0 spiro atoms. The molecule has 0 aromatic heterocycles. The van der Waals surface area contributed by atoms with E-state index in [0.29, 0.717) is 17.9 Å². The normalized spacial score (nSPS) is 38.9. The number of fused-ring (bicyclic) bond motifs is 3. The average Bonchev–Trinajstić information content (AvgIpc) is 2.69. The molecular formula is C16H21NO. The fraction of sp³-hybridized carbons (Fsp3) is 0.562. The average molecular weight is 243 g/mol. The highest BCUT2D eigenvalue weighted by molar-refractivity contribution is 5.84. The van der Waals surface area contributed by atoms with E-state index >= 15 is 0 Å². The molecule has 2 heterocycles. The monoisotopic (exact) mass is 243 g/mol. The largest absolute Gasteiger partial charge is 0.332 e. The maximum atomic E-state index is 12.6. The summed E-state index contributed by atoms with van der Waals surface area (Å²) < 4.78 is 0. The van der Waals surface area contributed by atoms with Gasteiger partial charge in [0.1, 0.15) is 0 Å². The summed E-state index contributed by atoms with van der Waals surface area (Å²) in [5.74, 6) is 0.979. The standard InChI is InChI=1S/C16H21NO/c1-4-12-9-10(2)11(3)15-13-7-5-6-8-14(13)16(18)17(12)15/h5-6,12-15H,2-4,7-9H2,1H3/t12?,13-,14+,15+/m0/s1. The zero-order chi connectivity index (χ0) is 12.9. The van der Waals surface area contributed by atoms with E-state index in [0.717, 1.165) is 36.8 Å². The lowest BCUT2D eigenvalue weighted by molar-refractivity contribution is -0.134. The lowest BCUT2D eigenvalue weighted by Gasteiger charge is -2.41. The molecule has 0 aromatic rings. The van der Waals surface area contributed by atoms with Crippen molar-refractivity contribution in [1.82, 2.24) is 4.90 Å². The molecule has 0 N–H and O–H groups in total. The fourth-order valence-corrected chi connectivity index (χ4v) is 3.90. The molecule has 2 fully saturated rings. The summed E-state index contributed by atoms with van der Waals surface area (Å²) >= 11 is 0. The maximum absolute atomic E-state index is 12.6. The maximum Gasteiger partial charge on any atom is 0.227 e. The number of piperidine rings is 1. The van der Waals surface area contributed by atoms with E-state index in [4.69, 9.17) is 0 Å². The molecule has 1 unspecified atom stereocenters. The van der Waals surface area contributed by atoms with Gasteiger partial charge in [0, 0.05) is 12.0 Å². The van der Waals surface area contributed by atoms with Gasteiger partial charge < -0.3 is 4.90 Å². The van der Waals surface area contributed by atoms with E-state index in [1.54, 1.807) is 0 Å². The molecule has 4 atom stereocenters. The molecule has 1 amide bonds. The Labute approximate surface area is 109 Å². The molecule has 18 heavy (non-hydrogen) atoms. The van der Waals surface area contributed by atoms with Crippen molar-refractivity contribution in [2.45, 2.75) is 44.7 Å². The highest BCUT2D eigenvalue weighted by Crippen LogP contribution is 2.47. The number of hydrogen-bond acceptors (Lipinski definition) is 1. The first-order valence-corrected chi connectivity index (χ1v) is 6.99. The summed E-state index contributed by atoms with van der Waals surface area (Å²) in [6.07, 6.45) is 8.23. The molecule has 0 saturated carbocycles. The van der Waals surface area contributed by atoms with Crippen LogP contribution in [-0.2, 0) is 4.79 Å². The van der Waals surface area contributed by atoms with Crippen LogP contribution in [0.25, 0.3) is 0 Å². The Morgan fingerprint density at radius 3 is 2.78 bits per heavy atom. The van der Waals surface area contributed by atoms with Crippen molar-refractivity contribution in [2.75, 3.05) is 0 Å². The zero-order valence-corrected chi connectivity index (χ0v) is 11.1. The van der Waals surface area contributed by atoms with E-state index < -0.39 is 0 Å². The molecular weight excluding hydrogens is 222 g/mol. The Morgan fingerprint density at radius 1 is 1.33 bits per heavy atom. The Hall–Kier alpha value is -1.31. The summed E-state index contributed by atoms with van der Waals surface area (Å²) in [5, 5.41) is 0. The lowest BCUT2D eigenvalue weighted by atomic mass is 9.76. The van der Waals surface area contributed by atoms with Crippen LogP contribution >= 0.6 is 0 Å². The van der Waals surface area contributed by atoms with Crippen molar-refractivity contribution < 1.29 is 4.79 Å². The number of rotatable bonds is 1. The highest BCUT2D eigenvalue weighted by atomic mass is 16.2. The van der Waals surface area contributed by atoms with E-state index in [-0.39, 0.29) is 12.0 Å². The van der Waals surface area contributed by atoms with Gasteiger partial charge in [-0.1, -0.05) is 32.2 Å². The minimum atomic E-state index is 0.191. The molecule has 3 rings (SSSR count). The van der Waals surface area contributed by atoms with E-state index in [2.05, 4.69) is 37.1 Å². The SMILES string of the molecule is C=C1CC(CC)N2C(=O)[C@@H]3CC=CC[C@@H]3[C@H]2C1=C. The van der Waals surface area contributed by atoms with Crippen LogP contribution in [0.5, 0.6) is 0 Å². The molecule has 2 nitrogen and oxygen atoms in total. The molecule has 3 aliphatic rings. The van der Waals surface area contributed by atoms with Crippen molar-refractivity contribution in [3.05, 3.63) is 36.5 Å². The molecule has 0 radical (unpaired) electrons. The van der Waals surface area contributed by atoms with Crippen LogP contribution in [0.15, 0.2) is 36.5 Å². The van der Waals surface area contributed by atoms with Crippen molar-refractivity contribution in [2.24, 2.45) is 11.8 Å². The van der Waals surface area contributed by atoms with E-state index in [1.807, 2.05) is 0 Å². The van der Waals surface area contributed by atoms with Crippen molar-refractivity contribution in [1.29, 1.82) is 0 Å². The number of nitrogens with zero attached hydrogens (tertiary/aromatic N) is 1. The van der Waals surface area contributed by atoms with Gasteiger partial charge in [0.2, 0.25) is 5.91 Å². The highest BCUT2D eigenvalue weighted by Gasteiger charge is 2.52. The Morgan fingerprint density at radius 2 is 2.06 bits per heavy atom. The topological polar surface area (TPSA) is 20.3 Å². The molecule has 0 bridgehead atoms. The summed E-state index contributed by atoms with van der Waals surface area (Å²) in [4.78, 5) is 14.8. The van der Waals surface area contributed by atoms with Crippen LogP contribution in [0.2, 0.25) is 0 Å². The van der Waals surface area contributed by atoms with Gasteiger partial charge in [-0.3, -0.25) is 4.79 Å². The van der Waals surface area contributed by atoms with Gasteiger partial charge in [-0.25, -0.2) is 0 Å². The quantitative estimate of drug-likeness (QED) is 0.648. The minimum absolute atomic E-state index is 0.191. The first kappa shape index (κ1) is 11.8. The molecule has 2 heteroatoms. The molecule has 96 valence electrons. The first-order chi connectivity index (χ1) is 8.65. The smallest absolute Gasteiger partial charge is 0.227 e. The first-order valence-electron chi connectivity index (χ1n) is 6.99. The molecule has 2 aliphatic heterocycles. The van der Waals surface area contributed by atoms with Crippen molar-refractivity contribution in [3.8, 4) is 0 Å². The Bertz CT molecular complexity index is 448. The summed E-state index contributed by atoms with van der Waals surface area (Å²) in [5.41, 5.74) is 2.27. The third-order valence-electron chi connectivity index (χ3n) is 4.92. The lowest BCUT2D eigenvalue weighted by Crippen LogP contribution is -2.48. The van der Waals surface area contributed by atoms with E-state index in [9.17, 15) is 4.79 Å². The Kier molecular flexibility index (Phi) is 2.69. The third-order valence-corrected chi connectivity index (χ3v) is 4.92. The van der Waals surface area contributed by atoms with Crippen LogP contribution in [0.1, 0.15) is 32.6 Å². The van der Waals surface area contributed by atoms with Gasteiger partial charge in [-0.2, -0.15) is 0 Å². The van der Waals surface area contributed by atoms with Gasteiger partial charge >= 0.3 is 0 Å². The van der Waals surface area contributed by atoms with Crippen molar-refractivity contribution >= 4 is 5.91 Å². The van der Waals surface area contributed by atoms with Gasteiger partial charge in [0.15, 0.2) is 0 Å². The van der Waals surface area contributed by atoms with Crippen LogP contribution in [-0.4, -0.2) is 22.9 Å². The summed E-state index contributed by atoms with van der Waals surface area (Å²) in [6, 6.07) is 0.560. The summed E-state index contributed by atoms with van der Waals surface area (Å²) in [6.45, 7) is 10.5.